The maximum absolute atomic E-state index is 12.7. The van der Waals surface area contributed by atoms with Crippen LogP contribution < -0.4 is 10.1 Å². The van der Waals surface area contributed by atoms with Crippen LogP contribution in [-0.4, -0.2) is 39.0 Å². The summed E-state index contributed by atoms with van der Waals surface area (Å²) in [5, 5.41) is 12.4. The summed E-state index contributed by atoms with van der Waals surface area (Å²) in [5.74, 6) is 0.850. The molecule has 186 valence electrons. The van der Waals surface area contributed by atoms with Crippen molar-refractivity contribution in [3.63, 3.8) is 0 Å². The van der Waals surface area contributed by atoms with E-state index in [1.54, 1.807) is 13.0 Å². The maximum Gasteiger partial charge on any atom is 0.341 e. The first kappa shape index (κ1) is 26.5. The third-order valence-corrected chi connectivity index (χ3v) is 7.33. The van der Waals surface area contributed by atoms with Crippen LogP contribution in [0.2, 0.25) is 0 Å². The Hall–Kier alpha value is -3.11. The van der Waals surface area contributed by atoms with E-state index in [9.17, 15) is 9.59 Å². The van der Waals surface area contributed by atoms with E-state index in [0.717, 1.165) is 21.8 Å². The highest BCUT2D eigenvalue weighted by atomic mass is 32.2. The van der Waals surface area contributed by atoms with Crippen molar-refractivity contribution in [3.8, 4) is 5.75 Å². The third-order valence-electron chi connectivity index (χ3n) is 5.24. The van der Waals surface area contributed by atoms with Gasteiger partial charge in [0.05, 0.1) is 17.9 Å². The third kappa shape index (κ3) is 6.52. The Morgan fingerprint density at radius 1 is 1.23 bits per heavy atom. The van der Waals surface area contributed by atoms with Gasteiger partial charge in [-0.25, -0.2) is 4.79 Å². The molecule has 0 aliphatic carbocycles. The second kappa shape index (κ2) is 12.0. The summed E-state index contributed by atoms with van der Waals surface area (Å²) < 4.78 is 13.0. The number of carbonyl (C=O) groups is 2. The number of thiophene rings is 1. The predicted molar refractivity (Wildman–Crippen MR) is 140 cm³/mol. The second-order valence-electron chi connectivity index (χ2n) is 7.90. The zero-order valence-electron chi connectivity index (χ0n) is 20.6. The van der Waals surface area contributed by atoms with E-state index in [-0.39, 0.29) is 24.9 Å². The molecule has 3 rings (SSSR count). The second-order valence-corrected chi connectivity index (χ2v) is 10.1. The van der Waals surface area contributed by atoms with Crippen LogP contribution in [0, 0.1) is 27.7 Å². The molecule has 3 aromatic rings. The number of benzene rings is 1. The average Bonchev–Trinajstić information content (AvgIpc) is 3.31. The Labute approximate surface area is 213 Å². The standard InChI is InChI=1S/C25H30N4O4S2/c1-7-11-29-20(13-33-19-10-9-15(3)12-16(19)4)27-28-25(29)34-14-21(30)26-23-22(24(31)32-8-2)17(5)18(6)35-23/h7,9-10,12H,1,8,11,13-14H2,2-6H3,(H,26,30). The minimum absolute atomic E-state index is 0.103. The number of aromatic nitrogens is 3. The monoisotopic (exact) mass is 514 g/mol. The summed E-state index contributed by atoms with van der Waals surface area (Å²) in [7, 11) is 0. The minimum atomic E-state index is -0.434. The molecule has 1 amide bonds. The van der Waals surface area contributed by atoms with E-state index in [4.69, 9.17) is 9.47 Å². The number of esters is 1. The fraction of sp³-hybridized carbons (Fsp3) is 0.360. The predicted octanol–water partition coefficient (Wildman–Crippen LogP) is 5.25. The Kier molecular flexibility index (Phi) is 9.11. The molecule has 0 saturated heterocycles. The molecule has 0 fully saturated rings. The van der Waals surface area contributed by atoms with Crippen LogP contribution in [0.3, 0.4) is 0 Å². The lowest BCUT2D eigenvalue weighted by molar-refractivity contribution is -0.113. The van der Waals surface area contributed by atoms with Gasteiger partial charge in [0.2, 0.25) is 5.91 Å². The lowest BCUT2D eigenvalue weighted by atomic mass is 10.1. The number of carbonyl (C=O) groups excluding carboxylic acids is 2. The van der Waals surface area contributed by atoms with Crippen LogP contribution in [0.25, 0.3) is 0 Å². The molecule has 1 aromatic carbocycles. The van der Waals surface area contributed by atoms with Gasteiger partial charge in [-0.3, -0.25) is 9.36 Å². The normalized spacial score (nSPS) is 10.8. The Balaban J connectivity index is 1.67. The summed E-state index contributed by atoms with van der Waals surface area (Å²) in [6, 6.07) is 6.01. The Morgan fingerprint density at radius 3 is 2.69 bits per heavy atom. The SMILES string of the molecule is C=CCn1c(COc2ccc(C)cc2C)nnc1SCC(=O)Nc1sc(C)c(C)c1C(=O)OCC. The first-order chi connectivity index (χ1) is 16.7. The number of amides is 1. The zero-order chi connectivity index (χ0) is 25.5. The quantitative estimate of drug-likeness (QED) is 0.212. The van der Waals surface area contributed by atoms with Gasteiger partial charge in [0, 0.05) is 11.4 Å². The topological polar surface area (TPSA) is 95.3 Å². The number of ether oxygens (including phenoxy) is 2. The van der Waals surface area contributed by atoms with Gasteiger partial charge in [-0.15, -0.1) is 28.1 Å². The average molecular weight is 515 g/mol. The van der Waals surface area contributed by atoms with Crippen molar-refractivity contribution < 1.29 is 19.1 Å². The number of anilines is 1. The number of aryl methyl sites for hydroxylation is 3. The first-order valence-corrected chi connectivity index (χ1v) is 13.0. The highest BCUT2D eigenvalue weighted by Gasteiger charge is 2.22. The van der Waals surface area contributed by atoms with Crippen LogP contribution in [-0.2, 0) is 22.7 Å². The molecule has 35 heavy (non-hydrogen) atoms. The molecular formula is C25H30N4O4S2. The van der Waals surface area contributed by atoms with Gasteiger partial charge in [-0.05, 0) is 51.8 Å². The fourth-order valence-electron chi connectivity index (χ4n) is 3.41. The van der Waals surface area contributed by atoms with Gasteiger partial charge in [0.1, 0.15) is 17.4 Å². The van der Waals surface area contributed by atoms with E-state index in [0.29, 0.717) is 28.1 Å². The first-order valence-electron chi connectivity index (χ1n) is 11.2. The van der Waals surface area contributed by atoms with E-state index in [1.165, 1.54) is 28.7 Å². The molecule has 0 aliphatic rings. The van der Waals surface area contributed by atoms with Crippen molar-refractivity contribution in [3.05, 3.63) is 63.8 Å². The van der Waals surface area contributed by atoms with Gasteiger partial charge >= 0.3 is 5.97 Å². The molecule has 0 spiro atoms. The van der Waals surface area contributed by atoms with Crippen LogP contribution in [0.4, 0.5) is 5.00 Å². The molecule has 0 aliphatic heterocycles. The number of nitrogens with zero attached hydrogens (tertiary/aromatic N) is 3. The highest BCUT2D eigenvalue weighted by Crippen LogP contribution is 2.33. The highest BCUT2D eigenvalue weighted by molar-refractivity contribution is 7.99. The van der Waals surface area contributed by atoms with Crippen molar-refractivity contribution in [1.29, 1.82) is 0 Å². The fourth-order valence-corrected chi connectivity index (χ4v) is 5.24. The number of nitrogens with one attached hydrogen (secondary N) is 1. The molecule has 1 N–H and O–H groups in total. The minimum Gasteiger partial charge on any atom is -0.485 e. The number of hydrogen-bond donors (Lipinski definition) is 1. The van der Waals surface area contributed by atoms with Crippen LogP contribution in [0.1, 0.15) is 44.7 Å². The van der Waals surface area contributed by atoms with Crippen molar-refractivity contribution in [2.75, 3.05) is 17.7 Å². The largest absolute Gasteiger partial charge is 0.485 e. The lowest BCUT2D eigenvalue weighted by Gasteiger charge is -2.11. The summed E-state index contributed by atoms with van der Waals surface area (Å²) in [4.78, 5) is 26.0. The smallest absolute Gasteiger partial charge is 0.341 e. The number of thioether (sulfide) groups is 1. The molecule has 2 heterocycles. The molecular weight excluding hydrogens is 484 g/mol. The van der Waals surface area contributed by atoms with E-state index in [1.807, 2.05) is 44.4 Å². The van der Waals surface area contributed by atoms with Gasteiger partial charge < -0.3 is 14.8 Å². The summed E-state index contributed by atoms with van der Waals surface area (Å²) in [6.45, 7) is 14.4. The van der Waals surface area contributed by atoms with Crippen molar-refractivity contribution >= 4 is 40.0 Å². The lowest BCUT2D eigenvalue weighted by Crippen LogP contribution is -2.17. The van der Waals surface area contributed by atoms with E-state index < -0.39 is 5.97 Å². The van der Waals surface area contributed by atoms with Crippen LogP contribution in [0.15, 0.2) is 36.0 Å². The van der Waals surface area contributed by atoms with E-state index >= 15 is 0 Å². The Bertz CT molecular complexity index is 1230. The molecule has 2 aromatic heterocycles. The van der Waals surface area contributed by atoms with Crippen molar-refractivity contribution in [2.45, 2.75) is 52.9 Å². The summed E-state index contributed by atoms with van der Waals surface area (Å²) in [5.41, 5.74) is 3.44. The molecule has 8 nitrogen and oxygen atoms in total. The number of allylic oxidation sites excluding steroid dienone is 1. The Morgan fingerprint density at radius 2 is 2.00 bits per heavy atom. The molecule has 0 radical (unpaired) electrons. The maximum atomic E-state index is 12.7. The zero-order valence-corrected chi connectivity index (χ0v) is 22.3. The van der Waals surface area contributed by atoms with Gasteiger partial charge in [-0.2, -0.15) is 0 Å². The van der Waals surface area contributed by atoms with E-state index in [2.05, 4.69) is 28.2 Å². The van der Waals surface area contributed by atoms with Crippen molar-refractivity contribution in [2.24, 2.45) is 0 Å². The molecule has 10 heteroatoms. The van der Waals surface area contributed by atoms with Gasteiger partial charge in [0.25, 0.3) is 0 Å². The summed E-state index contributed by atoms with van der Waals surface area (Å²) in [6.07, 6.45) is 1.75. The molecule has 0 atom stereocenters. The number of hydrogen-bond acceptors (Lipinski definition) is 8. The van der Waals surface area contributed by atoms with Gasteiger partial charge in [0.15, 0.2) is 11.0 Å². The summed E-state index contributed by atoms with van der Waals surface area (Å²) >= 11 is 2.62. The van der Waals surface area contributed by atoms with Crippen molar-refractivity contribution in [1.82, 2.24) is 14.8 Å². The van der Waals surface area contributed by atoms with Crippen LogP contribution in [0.5, 0.6) is 5.75 Å². The van der Waals surface area contributed by atoms with Crippen LogP contribution >= 0.6 is 23.1 Å². The molecule has 0 bridgehead atoms. The van der Waals surface area contributed by atoms with Gasteiger partial charge in [-0.1, -0.05) is 35.5 Å². The molecule has 0 saturated carbocycles. The number of rotatable bonds is 11. The molecule has 0 unspecified atom stereocenters.